The zero-order valence-electron chi connectivity index (χ0n) is 22.9. The van der Waals surface area contributed by atoms with Gasteiger partial charge in [-0.25, -0.2) is 0 Å². The lowest BCUT2D eigenvalue weighted by Crippen LogP contribution is -2.09. The molecule has 7 aromatic rings. The van der Waals surface area contributed by atoms with Crippen LogP contribution in [-0.2, 0) is 0 Å². The normalized spacial score (nSPS) is 11.8. The van der Waals surface area contributed by atoms with E-state index < -0.39 is 0 Å². The summed E-state index contributed by atoms with van der Waals surface area (Å²) in [5.74, 6) is 0. The molecule has 0 aromatic heterocycles. The van der Waals surface area contributed by atoms with E-state index in [1.807, 2.05) is 6.07 Å². The highest BCUT2D eigenvalue weighted by Crippen LogP contribution is 2.57. The summed E-state index contributed by atoms with van der Waals surface area (Å²) in [6, 6.07) is 54.7. The van der Waals surface area contributed by atoms with Crippen molar-refractivity contribution in [2.75, 3.05) is 10.2 Å². The topological polar surface area (TPSA) is 15.3 Å². The second-order valence-electron chi connectivity index (χ2n) is 11.1. The number of nitrogens with zero attached hydrogens (tertiary/aromatic N) is 1. The Kier molecular flexibility index (Phi) is 4.93. The van der Waals surface area contributed by atoms with Crippen LogP contribution in [0.5, 0.6) is 0 Å². The van der Waals surface area contributed by atoms with E-state index in [-0.39, 0.29) is 0 Å². The second-order valence-corrected chi connectivity index (χ2v) is 11.1. The van der Waals surface area contributed by atoms with Crippen molar-refractivity contribution in [2.45, 2.75) is 0 Å². The first kappa shape index (κ1) is 23.1. The number of fused-ring (bicyclic) bond motifs is 6. The highest BCUT2D eigenvalue weighted by molar-refractivity contribution is 6.26. The van der Waals surface area contributed by atoms with Crippen LogP contribution in [0.4, 0.5) is 28.4 Å². The molecule has 2 nitrogen and oxygen atoms in total. The summed E-state index contributed by atoms with van der Waals surface area (Å²) >= 11 is 0. The van der Waals surface area contributed by atoms with E-state index in [0.29, 0.717) is 0 Å². The maximum Gasteiger partial charge on any atom is 0.0468 e. The molecule has 9 rings (SSSR count). The van der Waals surface area contributed by atoms with Gasteiger partial charge >= 0.3 is 0 Å². The van der Waals surface area contributed by atoms with Crippen LogP contribution >= 0.6 is 0 Å². The number of nitrogens with one attached hydrogen (secondary N) is 1. The quantitative estimate of drug-likeness (QED) is 0.236. The average Bonchev–Trinajstić information content (AvgIpc) is 3.54. The molecule has 1 N–H and O–H groups in total. The molecule has 0 saturated heterocycles. The zero-order valence-corrected chi connectivity index (χ0v) is 22.9. The summed E-state index contributed by atoms with van der Waals surface area (Å²) in [4.78, 5) is 2.34. The van der Waals surface area contributed by atoms with Crippen molar-refractivity contribution < 1.29 is 0 Å². The number of anilines is 5. The Morgan fingerprint density at radius 3 is 1.33 bits per heavy atom. The maximum atomic E-state index is 3.58. The van der Waals surface area contributed by atoms with Crippen molar-refractivity contribution >= 4 is 39.2 Å². The molecule has 0 fully saturated rings. The van der Waals surface area contributed by atoms with Crippen molar-refractivity contribution in [2.24, 2.45) is 0 Å². The largest absolute Gasteiger partial charge is 0.356 e. The summed E-state index contributed by atoms with van der Waals surface area (Å²) in [7, 11) is 0. The third-order valence-electron chi connectivity index (χ3n) is 8.69. The van der Waals surface area contributed by atoms with E-state index in [1.54, 1.807) is 0 Å². The van der Waals surface area contributed by atoms with E-state index in [1.165, 1.54) is 55.3 Å². The molecule has 0 aliphatic heterocycles. The van der Waals surface area contributed by atoms with Gasteiger partial charge in [0.1, 0.15) is 0 Å². The lowest BCUT2D eigenvalue weighted by atomic mass is 9.97. The molecule has 0 spiro atoms. The fourth-order valence-electron chi connectivity index (χ4n) is 6.89. The average molecular weight is 535 g/mol. The minimum atomic E-state index is 1.10. The van der Waals surface area contributed by atoms with Crippen LogP contribution in [0.15, 0.2) is 152 Å². The molecule has 0 saturated carbocycles. The number of para-hydroxylation sites is 3. The molecular formula is C40H26N2. The van der Waals surface area contributed by atoms with Gasteiger partial charge in [0.25, 0.3) is 0 Å². The monoisotopic (exact) mass is 534 g/mol. The lowest BCUT2D eigenvalue weighted by Gasteiger charge is -2.26. The van der Waals surface area contributed by atoms with Gasteiger partial charge < -0.3 is 10.2 Å². The SMILES string of the molecule is c1ccc(Nc2ccc3c(c2)-c2ccc4c5c(ccc-3c25)-c2cc(N(c3ccccc3)c3ccccc3)ccc2-4)cc1. The molecule has 0 atom stereocenters. The van der Waals surface area contributed by atoms with Crippen LogP contribution in [0.25, 0.3) is 55.3 Å². The van der Waals surface area contributed by atoms with Gasteiger partial charge in [0, 0.05) is 28.4 Å². The Morgan fingerprint density at radius 2 is 0.762 bits per heavy atom. The first-order chi connectivity index (χ1) is 20.8. The summed E-state index contributed by atoms with van der Waals surface area (Å²) in [6.07, 6.45) is 0. The fourth-order valence-corrected chi connectivity index (χ4v) is 6.89. The molecule has 2 aliphatic rings. The Hall–Kier alpha value is -5.60. The Bertz CT molecular complexity index is 2110. The first-order valence-corrected chi connectivity index (χ1v) is 14.5. The molecule has 0 heterocycles. The zero-order chi connectivity index (χ0) is 27.6. The van der Waals surface area contributed by atoms with Gasteiger partial charge in [-0.2, -0.15) is 0 Å². The van der Waals surface area contributed by atoms with Gasteiger partial charge in [-0.1, -0.05) is 91.0 Å². The van der Waals surface area contributed by atoms with Gasteiger partial charge in [-0.3, -0.25) is 0 Å². The van der Waals surface area contributed by atoms with Crippen LogP contribution in [0.3, 0.4) is 0 Å². The predicted octanol–water partition coefficient (Wildman–Crippen LogP) is 11.3. The van der Waals surface area contributed by atoms with Crippen molar-refractivity contribution in [3.05, 3.63) is 152 Å². The Morgan fingerprint density at radius 1 is 0.310 bits per heavy atom. The standard InChI is InChI=1S/C40H26N2/c1-4-10-26(11-5-1)41-27-16-18-31-33-21-23-36-38-25-30(42(28-12-6-2-7-13-28)29-14-8-3-9-15-29)17-19-32(38)34-20-22-35(37(31)24-27)39(33)40(34)36/h1-25,41H. The lowest BCUT2D eigenvalue weighted by molar-refractivity contribution is 1.28. The minimum Gasteiger partial charge on any atom is -0.356 e. The minimum absolute atomic E-state index is 1.10. The van der Waals surface area contributed by atoms with Crippen molar-refractivity contribution in [1.82, 2.24) is 0 Å². The smallest absolute Gasteiger partial charge is 0.0468 e. The van der Waals surface area contributed by atoms with Gasteiger partial charge in [-0.15, -0.1) is 0 Å². The van der Waals surface area contributed by atoms with Gasteiger partial charge in [0.15, 0.2) is 0 Å². The number of hydrogen-bond acceptors (Lipinski definition) is 2. The van der Waals surface area contributed by atoms with Crippen LogP contribution in [-0.4, -0.2) is 0 Å². The number of hydrogen-bond donors (Lipinski definition) is 1. The molecular weight excluding hydrogens is 508 g/mol. The van der Waals surface area contributed by atoms with Crippen LogP contribution in [0.1, 0.15) is 0 Å². The molecule has 42 heavy (non-hydrogen) atoms. The van der Waals surface area contributed by atoms with Crippen LogP contribution in [0.2, 0.25) is 0 Å². The molecule has 7 aromatic carbocycles. The van der Waals surface area contributed by atoms with E-state index in [2.05, 4.69) is 156 Å². The van der Waals surface area contributed by atoms with Gasteiger partial charge in [0.05, 0.1) is 0 Å². The summed E-state index contributed by atoms with van der Waals surface area (Å²) < 4.78 is 0. The second kappa shape index (κ2) is 8.95. The predicted molar refractivity (Wildman–Crippen MR) is 177 cm³/mol. The van der Waals surface area contributed by atoms with E-state index in [0.717, 1.165) is 28.4 Å². The van der Waals surface area contributed by atoms with E-state index in [4.69, 9.17) is 0 Å². The number of rotatable bonds is 5. The first-order valence-electron chi connectivity index (χ1n) is 14.5. The van der Waals surface area contributed by atoms with Crippen molar-refractivity contribution in [3.8, 4) is 44.5 Å². The van der Waals surface area contributed by atoms with E-state index in [9.17, 15) is 0 Å². The van der Waals surface area contributed by atoms with E-state index >= 15 is 0 Å². The Balaban J connectivity index is 1.18. The summed E-state index contributed by atoms with van der Waals surface area (Å²) in [5, 5.41) is 6.33. The van der Waals surface area contributed by atoms with Gasteiger partial charge in [0.2, 0.25) is 0 Å². The van der Waals surface area contributed by atoms with Crippen LogP contribution in [0, 0.1) is 0 Å². The highest BCUT2D eigenvalue weighted by atomic mass is 15.1. The summed E-state index contributed by atoms with van der Waals surface area (Å²) in [5.41, 5.74) is 16.2. The summed E-state index contributed by atoms with van der Waals surface area (Å²) in [6.45, 7) is 0. The maximum absolute atomic E-state index is 3.58. The Labute approximate surface area is 245 Å². The fraction of sp³-hybridized carbons (Fsp3) is 0. The molecule has 196 valence electrons. The molecule has 0 unspecified atom stereocenters. The molecule has 0 radical (unpaired) electrons. The molecule has 0 amide bonds. The third-order valence-corrected chi connectivity index (χ3v) is 8.69. The highest BCUT2D eigenvalue weighted by Gasteiger charge is 2.30. The van der Waals surface area contributed by atoms with Gasteiger partial charge in [-0.05, 0) is 116 Å². The molecule has 2 heteroatoms. The molecule has 0 bridgehead atoms. The third kappa shape index (κ3) is 3.39. The van der Waals surface area contributed by atoms with Crippen molar-refractivity contribution in [3.63, 3.8) is 0 Å². The molecule has 2 aliphatic carbocycles. The number of benzene rings is 7. The van der Waals surface area contributed by atoms with Crippen LogP contribution < -0.4 is 10.2 Å². The van der Waals surface area contributed by atoms with Crippen molar-refractivity contribution in [1.29, 1.82) is 0 Å².